The van der Waals surface area contributed by atoms with Crippen LogP contribution in [-0.4, -0.2) is 0 Å². The monoisotopic (exact) mass is 316 g/mol. The predicted molar refractivity (Wildman–Crippen MR) is 87.0 cm³/mol. The van der Waals surface area contributed by atoms with Gasteiger partial charge in [0, 0.05) is 20.9 Å². The van der Waals surface area contributed by atoms with Gasteiger partial charge in [-0.2, -0.15) is 0 Å². The number of benzene rings is 3. The van der Waals surface area contributed by atoms with Crippen LogP contribution in [0.1, 0.15) is 11.1 Å². The van der Waals surface area contributed by atoms with Crippen LogP contribution in [0.25, 0.3) is 10.8 Å². The van der Waals surface area contributed by atoms with Crippen LogP contribution in [0.4, 0.5) is 0 Å². The summed E-state index contributed by atoms with van der Waals surface area (Å²) in [5, 5.41) is 2.29. The number of fused-ring (bicyclic) bond motifs is 4. The third kappa shape index (κ3) is 1.70. The predicted octanol–water partition coefficient (Wildman–Crippen LogP) is 5.98. The van der Waals surface area contributed by atoms with Crippen molar-refractivity contribution in [2.24, 2.45) is 0 Å². The topological polar surface area (TPSA) is 0 Å². The second-order valence-electron chi connectivity index (χ2n) is 4.83. The van der Waals surface area contributed by atoms with Crippen LogP contribution >= 0.6 is 35.0 Å². The molecule has 0 fully saturated rings. The van der Waals surface area contributed by atoms with Gasteiger partial charge < -0.3 is 0 Å². The molecule has 3 aromatic rings. The molecule has 0 aliphatic carbocycles. The molecule has 0 amide bonds. The molecule has 0 spiro atoms. The fourth-order valence-electron chi connectivity index (χ4n) is 2.73. The molecule has 0 radical (unpaired) electrons. The molecular formula is C17H10Cl2S. The molecule has 98 valence electrons. The maximum Gasteiger partial charge on any atom is 0.170 e. The van der Waals surface area contributed by atoms with Crippen molar-refractivity contribution in [2.45, 2.75) is 14.1 Å². The highest BCUT2D eigenvalue weighted by Gasteiger charge is 2.38. The lowest BCUT2D eigenvalue weighted by Crippen LogP contribution is -2.18. The molecule has 4 rings (SSSR count). The largest absolute Gasteiger partial charge is 0.170 e. The minimum absolute atomic E-state index is 0.970. The Labute approximate surface area is 131 Å². The van der Waals surface area contributed by atoms with Gasteiger partial charge >= 0.3 is 0 Å². The number of hydrogen-bond donors (Lipinski definition) is 0. The maximum absolute atomic E-state index is 6.76. The van der Waals surface area contributed by atoms with E-state index >= 15 is 0 Å². The molecule has 0 bridgehead atoms. The summed E-state index contributed by atoms with van der Waals surface area (Å²) in [5.41, 5.74) is 1.97. The lowest BCUT2D eigenvalue weighted by Gasteiger charge is -2.31. The Morgan fingerprint density at radius 1 is 0.750 bits per heavy atom. The SMILES string of the molecule is ClC1(Cl)c2ccccc2Sc2ccc3ccccc3c21. The average molecular weight is 317 g/mol. The fourth-order valence-corrected chi connectivity index (χ4v) is 4.91. The first kappa shape index (κ1) is 12.6. The van der Waals surface area contributed by atoms with Crippen molar-refractivity contribution in [3.8, 4) is 0 Å². The van der Waals surface area contributed by atoms with E-state index in [-0.39, 0.29) is 0 Å². The molecule has 3 aromatic carbocycles. The van der Waals surface area contributed by atoms with Gasteiger partial charge in [-0.05, 0) is 22.9 Å². The van der Waals surface area contributed by atoms with E-state index in [0.717, 1.165) is 31.7 Å². The Morgan fingerprint density at radius 2 is 1.50 bits per heavy atom. The quantitative estimate of drug-likeness (QED) is 0.459. The minimum Gasteiger partial charge on any atom is -0.0908 e. The standard InChI is InChI=1S/C17H10Cl2S/c18-17(19)13-7-3-4-8-14(13)20-15-10-9-11-5-1-2-6-12(11)16(15)17/h1-10H. The third-order valence-electron chi connectivity index (χ3n) is 3.65. The molecule has 0 nitrogen and oxygen atoms in total. The van der Waals surface area contributed by atoms with Gasteiger partial charge in [-0.25, -0.2) is 0 Å². The first-order chi connectivity index (χ1) is 9.68. The summed E-state index contributed by atoms with van der Waals surface area (Å²) in [4.78, 5) is 2.26. The summed E-state index contributed by atoms with van der Waals surface area (Å²) in [6.45, 7) is 0. The molecule has 3 heteroatoms. The first-order valence-corrected chi connectivity index (χ1v) is 7.92. The number of rotatable bonds is 0. The first-order valence-electron chi connectivity index (χ1n) is 6.35. The molecule has 1 heterocycles. The molecule has 0 saturated carbocycles. The van der Waals surface area contributed by atoms with Crippen LogP contribution in [0.3, 0.4) is 0 Å². The van der Waals surface area contributed by atoms with E-state index in [9.17, 15) is 0 Å². The zero-order chi connectivity index (χ0) is 13.7. The highest BCUT2D eigenvalue weighted by Crippen LogP contribution is 2.55. The lowest BCUT2D eigenvalue weighted by molar-refractivity contribution is 0.955. The van der Waals surface area contributed by atoms with Crippen molar-refractivity contribution in [3.05, 3.63) is 71.8 Å². The summed E-state index contributed by atoms with van der Waals surface area (Å²) in [6.07, 6.45) is 0. The molecule has 1 aliphatic rings. The van der Waals surface area contributed by atoms with Gasteiger partial charge in [0.2, 0.25) is 0 Å². The number of alkyl halides is 2. The number of halogens is 2. The van der Waals surface area contributed by atoms with Crippen LogP contribution in [0.15, 0.2) is 70.5 Å². The summed E-state index contributed by atoms with van der Waals surface area (Å²) in [5.74, 6) is 0. The Kier molecular flexibility index (Phi) is 2.78. The van der Waals surface area contributed by atoms with E-state index in [1.54, 1.807) is 11.8 Å². The van der Waals surface area contributed by atoms with Crippen molar-refractivity contribution < 1.29 is 0 Å². The zero-order valence-corrected chi connectivity index (χ0v) is 12.8. The van der Waals surface area contributed by atoms with E-state index in [1.807, 2.05) is 30.3 Å². The Hall–Kier alpha value is -1.15. The van der Waals surface area contributed by atoms with Gasteiger partial charge in [-0.3, -0.25) is 0 Å². The van der Waals surface area contributed by atoms with E-state index in [0.29, 0.717) is 0 Å². The van der Waals surface area contributed by atoms with Gasteiger partial charge in [0.1, 0.15) is 0 Å². The highest BCUT2D eigenvalue weighted by atomic mass is 35.5. The van der Waals surface area contributed by atoms with Crippen molar-refractivity contribution >= 4 is 45.7 Å². The second-order valence-corrected chi connectivity index (χ2v) is 7.24. The normalized spacial score (nSPS) is 15.7. The van der Waals surface area contributed by atoms with Crippen LogP contribution in [0, 0.1) is 0 Å². The van der Waals surface area contributed by atoms with Gasteiger partial charge in [-0.1, -0.05) is 83.5 Å². The summed E-state index contributed by atoms with van der Waals surface area (Å²) in [7, 11) is 0. The summed E-state index contributed by atoms with van der Waals surface area (Å²) in [6, 6.07) is 20.5. The Morgan fingerprint density at radius 3 is 2.40 bits per heavy atom. The lowest BCUT2D eigenvalue weighted by atomic mass is 9.97. The van der Waals surface area contributed by atoms with E-state index < -0.39 is 4.33 Å². The van der Waals surface area contributed by atoms with E-state index in [4.69, 9.17) is 23.2 Å². The molecule has 1 aliphatic heterocycles. The molecule has 0 saturated heterocycles. The van der Waals surface area contributed by atoms with Gasteiger partial charge in [-0.15, -0.1) is 0 Å². The zero-order valence-electron chi connectivity index (χ0n) is 10.4. The van der Waals surface area contributed by atoms with Crippen LogP contribution < -0.4 is 0 Å². The molecule has 0 aromatic heterocycles. The molecule has 20 heavy (non-hydrogen) atoms. The molecule has 0 unspecified atom stereocenters. The highest BCUT2D eigenvalue weighted by molar-refractivity contribution is 7.99. The molecule has 0 atom stereocenters. The van der Waals surface area contributed by atoms with Crippen molar-refractivity contribution in [3.63, 3.8) is 0 Å². The average Bonchev–Trinajstić information content (AvgIpc) is 2.46. The van der Waals surface area contributed by atoms with Crippen LogP contribution in [-0.2, 0) is 4.33 Å². The van der Waals surface area contributed by atoms with Crippen molar-refractivity contribution in [1.29, 1.82) is 0 Å². The van der Waals surface area contributed by atoms with Crippen LogP contribution in [0.2, 0.25) is 0 Å². The smallest absolute Gasteiger partial charge is 0.0908 e. The molecular weight excluding hydrogens is 307 g/mol. The third-order valence-corrected chi connectivity index (χ3v) is 5.57. The Balaban J connectivity index is 2.10. The van der Waals surface area contributed by atoms with E-state index in [1.165, 1.54) is 0 Å². The van der Waals surface area contributed by atoms with Crippen molar-refractivity contribution in [1.82, 2.24) is 0 Å². The molecule has 0 N–H and O–H groups in total. The maximum atomic E-state index is 6.76. The Bertz CT molecular complexity index is 824. The fraction of sp³-hybridized carbons (Fsp3) is 0.0588. The van der Waals surface area contributed by atoms with Crippen molar-refractivity contribution in [2.75, 3.05) is 0 Å². The summed E-state index contributed by atoms with van der Waals surface area (Å²) >= 11 is 15.3. The number of hydrogen-bond acceptors (Lipinski definition) is 1. The van der Waals surface area contributed by atoms with Gasteiger partial charge in [0.25, 0.3) is 0 Å². The van der Waals surface area contributed by atoms with Crippen LogP contribution in [0.5, 0.6) is 0 Å². The second kappa shape index (κ2) is 4.42. The van der Waals surface area contributed by atoms with Gasteiger partial charge in [0.05, 0.1) is 0 Å². The van der Waals surface area contributed by atoms with E-state index in [2.05, 4.69) is 30.3 Å². The minimum atomic E-state index is -1.00. The summed E-state index contributed by atoms with van der Waals surface area (Å²) < 4.78 is -1.00. The van der Waals surface area contributed by atoms with Gasteiger partial charge in [0.15, 0.2) is 4.33 Å².